The highest BCUT2D eigenvalue weighted by atomic mass is 79.9. The predicted octanol–water partition coefficient (Wildman–Crippen LogP) is 3.33. The number of aromatic nitrogens is 4. The van der Waals surface area contributed by atoms with Crippen LogP contribution in [0.1, 0.15) is 10.4 Å². The molecule has 3 aromatic rings. The van der Waals surface area contributed by atoms with Crippen molar-refractivity contribution < 1.29 is 4.79 Å². The smallest absolute Gasteiger partial charge is 0.257 e. The zero-order valence-corrected chi connectivity index (χ0v) is 13.4. The fourth-order valence-corrected chi connectivity index (χ4v) is 2.42. The maximum absolute atomic E-state index is 12.4. The van der Waals surface area contributed by atoms with Crippen molar-refractivity contribution in [1.82, 2.24) is 19.7 Å². The molecule has 6 nitrogen and oxygen atoms in total. The molecular formula is C14H9BrClN5O. The van der Waals surface area contributed by atoms with Gasteiger partial charge >= 0.3 is 0 Å². The summed E-state index contributed by atoms with van der Waals surface area (Å²) in [7, 11) is 0. The molecule has 1 N–H and O–H groups in total. The van der Waals surface area contributed by atoms with Crippen LogP contribution in [0.15, 0.2) is 53.7 Å². The van der Waals surface area contributed by atoms with E-state index in [4.69, 9.17) is 11.6 Å². The van der Waals surface area contributed by atoms with E-state index in [1.165, 1.54) is 17.3 Å². The zero-order chi connectivity index (χ0) is 15.5. The number of carbonyl (C=O) groups is 1. The molecule has 8 heteroatoms. The van der Waals surface area contributed by atoms with Gasteiger partial charge in [0.2, 0.25) is 0 Å². The molecule has 0 spiro atoms. The minimum absolute atomic E-state index is 0.333. The Morgan fingerprint density at radius 1 is 1.32 bits per heavy atom. The van der Waals surface area contributed by atoms with Crippen LogP contribution in [0.2, 0.25) is 5.02 Å². The van der Waals surface area contributed by atoms with Crippen LogP contribution in [0.5, 0.6) is 0 Å². The number of halogens is 2. The van der Waals surface area contributed by atoms with Gasteiger partial charge in [0.05, 0.1) is 16.3 Å². The Morgan fingerprint density at radius 3 is 2.95 bits per heavy atom. The molecule has 0 atom stereocenters. The third-order valence-corrected chi connectivity index (χ3v) is 3.67. The quantitative estimate of drug-likeness (QED) is 0.759. The standard InChI is InChI=1S/C14H9BrClN5O/c15-9-3-4-11(16)10(6-9)14(22)20-12-2-1-5-18-13(12)21-8-17-7-19-21/h1-8H,(H,20,22). The second-order valence-corrected chi connectivity index (χ2v) is 5.62. The summed E-state index contributed by atoms with van der Waals surface area (Å²) < 4.78 is 2.24. The number of benzene rings is 1. The fourth-order valence-electron chi connectivity index (χ4n) is 1.86. The van der Waals surface area contributed by atoms with Crippen LogP contribution < -0.4 is 5.32 Å². The van der Waals surface area contributed by atoms with E-state index < -0.39 is 0 Å². The van der Waals surface area contributed by atoms with E-state index in [-0.39, 0.29) is 5.91 Å². The van der Waals surface area contributed by atoms with Gasteiger partial charge in [-0.1, -0.05) is 27.5 Å². The van der Waals surface area contributed by atoms with Crippen LogP contribution in [0.4, 0.5) is 5.69 Å². The Labute approximate surface area is 139 Å². The topological polar surface area (TPSA) is 72.7 Å². The lowest BCUT2D eigenvalue weighted by molar-refractivity contribution is 0.102. The van der Waals surface area contributed by atoms with Crippen molar-refractivity contribution in [3.63, 3.8) is 0 Å². The summed E-state index contributed by atoms with van der Waals surface area (Å²) in [6.45, 7) is 0. The van der Waals surface area contributed by atoms with Gasteiger partial charge in [-0.3, -0.25) is 4.79 Å². The molecule has 110 valence electrons. The van der Waals surface area contributed by atoms with Gasteiger partial charge in [0.25, 0.3) is 5.91 Å². The molecule has 0 aliphatic heterocycles. The third-order valence-electron chi connectivity index (χ3n) is 2.84. The molecule has 0 saturated heterocycles. The van der Waals surface area contributed by atoms with Gasteiger partial charge < -0.3 is 5.32 Å². The number of carbonyl (C=O) groups excluding carboxylic acids is 1. The number of anilines is 1. The van der Waals surface area contributed by atoms with E-state index in [1.807, 2.05) is 0 Å². The van der Waals surface area contributed by atoms with Crippen molar-refractivity contribution in [2.24, 2.45) is 0 Å². The average molecular weight is 379 g/mol. The van der Waals surface area contributed by atoms with Gasteiger partial charge in [-0.15, -0.1) is 0 Å². The summed E-state index contributed by atoms with van der Waals surface area (Å²) in [5, 5.41) is 7.17. The number of pyridine rings is 1. The monoisotopic (exact) mass is 377 g/mol. The first kappa shape index (κ1) is 14.7. The Bertz CT molecular complexity index is 822. The minimum Gasteiger partial charge on any atom is -0.319 e. The summed E-state index contributed by atoms with van der Waals surface area (Å²) in [5.74, 6) is 0.139. The summed E-state index contributed by atoms with van der Waals surface area (Å²) >= 11 is 9.39. The molecule has 1 amide bonds. The van der Waals surface area contributed by atoms with Crippen molar-refractivity contribution in [3.8, 4) is 5.82 Å². The third kappa shape index (κ3) is 3.00. The van der Waals surface area contributed by atoms with Crippen molar-refractivity contribution in [2.75, 3.05) is 5.32 Å². The van der Waals surface area contributed by atoms with Crippen molar-refractivity contribution >= 4 is 39.1 Å². The number of rotatable bonds is 3. The summed E-state index contributed by atoms with van der Waals surface area (Å²) in [6.07, 6.45) is 4.51. The Hall–Kier alpha value is -2.25. The summed E-state index contributed by atoms with van der Waals surface area (Å²) in [4.78, 5) is 20.5. The molecule has 0 bridgehead atoms. The second-order valence-electron chi connectivity index (χ2n) is 4.29. The molecule has 2 aromatic heterocycles. The first-order valence-electron chi connectivity index (χ1n) is 6.21. The lowest BCUT2D eigenvalue weighted by Crippen LogP contribution is -2.15. The van der Waals surface area contributed by atoms with Crippen LogP contribution in [0.3, 0.4) is 0 Å². The van der Waals surface area contributed by atoms with Crippen LogP contribution in [-0.4, -0.2) is 25.7 Å². The molecule has 0 unspecified atom stereocenters. The maximum atomic E-state index is 12.4. The zero-order valence-electron chi connectivity index (χ0n) is 11.1. The molecule has 0 aliphatic rings. The number of nitrogens with zero attached hydrogens (tertiary/aromatic N) is 4. The van der Waals surface area contributed by atoms with Gasteiger partial charge in [0, 0.05) is 10.7 Å². The molecule has 0 saturated carbocycles. The van der Waals surface area contributed by atoms with E-state index >= 15 is 0 Å². The van der Waals surface area contributed by atoms with Gasteiger partial charge in [0.1, 0.15) is 12.7 Å². The van der Waals surface area contributed by atoms with Crippen LogP contribution in [-0.2, 0) is 0 Å². The highest BCUT2D eigenvalue weighted by Gasteiger charge is 2.14. The van der Waals surface area contributed by atoms with E-state index in [1.54, 1.807) is 36.5 Å². The van der Waals surface area contributed by atoms with Crippen molar-refractivity contribution in [2.45, 2.75) is 0 Å². The number of nitrogens with one attached hydrogen (secondary N) is 1. The first-order valence-corrected chi connectivity index (χ1v) is 7.38. The summed E-state index contributed by atoms with van der Waals surface area (Å²) in [6, 6.07) is 8.53. The van der Waals surface area contributed by atoms with Gasteiger partial charge in [-0.25, -0.2) is 14.6 Å². The highest BCUT2D eigenvalue weighted by Crippen LogP contribution is 2.23. The highest BCUT2D eigenvalue weighted by molar-refractivity contribution is 9.10. The molecular weight excluding hydrogens is 370 g/mol. The molecule has 1 aromatic carbocycles. The lowest BCUT2D eigenvalue weighted by atomic mass is 10.2. The Balaban J connectivity index is 1.94. The van der Waals surface area contributed by atoms with E-state index in [0.29, 0.717) is 22.1 Å². The Morgan fingerprint density at radius 2 is 2.18 bits per heavy atom. The average Bonchev–Trinajstić information content (AvgIpc) is 3.04. The maximum Gasteiger partial charge on any atom is 0.257 e. The molecule has 0 radical (unpaired) electrons. The molecule has 3 rings (SSSR count). The van der Waals surface area contributed by atoms with Gasteiger partial charge in [-0.2, -0.15) is 5.10 Å². The van der Waals surface area contributed by atoms with Crippen molar-refractivity contribution in [3.05, 3.63) is 64.2 Å². The molecule has 0 aliphatic carbocycles. The minimum atomic E-state index is -0.333. The fraction of sp³-hybridized carbons (Fsp3) is 0. The molecule has 22 heavy (non-hydrogen) atoms. The largest absolute Gasteiger partial charge is 0.319 e. The predicted molar refractivity (Wildman–Crippen MR) is 86.3 cm³/mol. The van der Waals surface area contributed by atoms with Crippen LogP contribution in [0.25, 0.3) is 5.82 Å². The van der Waals surface area contributed by atoms with Crippen LogP contribution in [0, 0.1) is 0 Å². The van der Waals surface area contributed by atoms with Crippen molar-refractivity contribution in [1.29, 1.82) is 0 Å². The van der Waals surface area contributed by atoms with Gasteiger partial charge in [-0.05, 0) is 30.3 Å². The Kier molecular flexibility index (Phi) is 4.17. The van der Waals surface area contributed by atoms with E-state index in [2.05, 4.69) is 36.3 Å². The lowest BCUT2D eigenvalue weighted by Gasteiger charge is -2.10. The molecule has 0 fully saturated rings. The SMILES string of the molecule is O=C(Nc1cccnc1-n1cncn1)c1cc(Br)ccc1Cl. The number of hydrogen-bond acceptors (Lipinski definition) is 4. The number of hydrogen-bond donors (Lipinski definition) is 1. The second kappa shape index (κ2) is 6.25. The number of amides is 1. The van der Waals surface area contributed by atoms with E-state index in [9.17, 15) is 4.79 Å². The normalized spacial score (nSPS) is 10.5. The molecule has 2 heterocycles. The van der Waals surface area contributed by atoms with Gasteiger partial charge in [0.15, 0.2) is 5.82 Å². The first-order chi connectivity index (χ1) is 10.6. The van der Waals surface area contributed by atoms with Crippen LogP contribution >= 0.6 is 27.5 Å². The van der Waals surface area contributed by atoms with E-state index in [0.717, 1.165) is 4.47 Å². The summed E-state index contributed by atoms with van der Waals surface area (Å²) in [5.41, 5.74) is 0.874.